The molecule has 0 saturated heterocycles. The second-order valence-electron chi connectivity index (χ2n) is 7.51. The molecule has 2 aromatic heterocycles. The monoisotopic (exact) mass is 434 g/mol. The largest absolute Gasteiger partial charge is 0.497 e. The molecule has 0 radical (unpaired) electrons. The fraction of sp³-hybridized carbons (Fsp3) is 0.182. The van der Waals surface area contributed by atoms with E-state index in [1.165, 1.54) is 0 Å². The number of methoxy groups -OCH3 is 1. The van der Waals surface area contributed by atoms with Gasteiger partial charge in [-0.2, -0.15) is 0 Å². The maximum Gasteiger partial charge on any atom is 0.238 e. The first-order valence-electron chi connectivity index (χ1n) is 9.93. The van der Waals surface area contributed by atoms with E-state index in [1.807, 2.05) is 22.8 Å². The Labute approximate surface area is 180 Å². The number of aliphatic imine (C=N–C) groups is 1. The molecule has 0 amide bonds. The summed E-state index contributed by atoms with van der Waals surface area (Å²) in [6.45, 7) is 0.106. The topological polar surface area (TPSA) is 79.3 Å². The smallest absolute Gasteiger partial charge is 0.238 e. The van der Waals surface area contributed by atoms with Gasteiger partial charge in [-0.3, -0.25) is 4.57 Å². The van der Waals surface area contributed by atoms with Crippen molar-refractivity contribution < 1.29 is 18.3 Å². The highest BCUT2D eigenvalue weighted by atomic mass is 19.1. The third-order valence-electron chi connectivity index (χ3n) is 5.68. The number of benzene rings is 2. The molecule has 0 bridgehead atoms. The van der Waals surface area contributed by atoms with Gasteiger partial charge in [-0.25, -0.2) is 23.4 Å². The number of ether oxygens (including phenoxy) is 2. The van der Waals surface area contributed by atoms with Crippen molar-refractivity contribution in [3.8, 4) is 17.1 Å². The minimum atomic E-state index is -0.646. The number of rotatable bonds is 3. The van der Waals surface area contributed by atoms with Gasteiger partial charge in [-0.15, -0.1) is 5.10 Å². The maximum absolute atomic E-state index is 14.2. The molecule has 2 aliphatic heterocycles. The SMILES string of the molecule is COc1ccc2c(c1)-n1nncc1Cc1c(C3=N[C@@H](c4cc(F)ccc4F)CO3)ncn1-2. The average molecular weight is 434 g/mol. The number of halogens is 2. The Morgan fingerprint density at radius 2 is 2.03 bits per heavy atom. The molecule has 32 heavy (non-hydrogen) atoms. The average Bonchev–Trinajstić information content (AvgIpc) is 3.54. The van der Waals surface area contributed by atoms with Crippen LogP contribution in [0.25, 0.3) is 11.4 Å². The Hall–Kier alpha value is -4.08. The van der Waals surface area contributed by atoms with Crippen molar-refractivity contribution in [1.82, 2.24) is 24.5 Å². The van der Waals surface area contributed by atoms with Crippen LogP contribution in [-0.4, -0.2) is 44.2 Å². The standard InChI is InChI=1S/C22H16F2N6O2/c1-31-14-3-5-18-19(8-14)30-13(9-26-28-30)7-20-21(25-11-29(18)20)22-27-17(10-32-22)15-6-12(23)2-4-16(15)24/h2-6,8-9,11,17H,7,10H2,1H3/t17-/m1/s1. The molecule has 2 aromatic carbocycles. The summed E-state index contributed by atoms with van der Waals surface area (Å²) < 4.78 is 42.8. The molecule has 4 aromatic rings. The van der Waals surface area contributed by atoms with Crippen molar-refractivity contribution in [2.75, 3.05) is 13.7 Å². The first kappa shape index (κ1) is 18.7. The Morgan fingerprint density at radius 3 is 2.91 bits per heavy atom. The van der Waals surface area contributed by atoms with Crippen LogP contribution in [0.5, 0.6) is 5.75 Å². The Kier molecular flexibility index (Phi) is 4.07. The van der Waals surface area contributed by atoms with Crippen LogP contribution >= 0.6 is 0 Å². The third kappa shape index (κ3) is 2.79. The summed E-state index contributed by atoms with van der Waals surface area (Å²) in [4.78, 5) is 9.07. The van der Waals surface area contributed by atoms with Crippen molar-refractivity contribution in [3.63, 3.8) is 0 Å². The minimum absolute atomic E-state index is 0.106. The van der Waals surface area contributed by atoms with Crippen molar-refractivity contribution in [2.45, 2.75) is 12.5 Å². The van der Waals surface area contributed by atoms with Gasteiger partial charge in [0, 0.05) is 18.1 Å². The number of imidazole rings is 1. The lowest BCUT2D eigenvalue weighted by Gasteiger charge is -2.11. The van der Waals surface area contributed by atoms with Crippen LogP contribution in [0.15, 0.2) is 53.9 Å². The molecular weight excluding hydrogens is 418 g/mol. The summed E-state index contributed by atoms with van der Waals surface area (Å²) in [6.07, 6.45) is 3.86. The molecule has 2 aliphatic rings. The van der Waals surface area contributed by atoms with Gasteiger partial charge in [0.05, 0.1) is 36.1 Å². The fourth-order valence-electron chi connectivity index (χ4n) is 4.12. The molecule has 8 nitrogen and oxygen atoms in total. The number of aromatic nitrogens is 5. The van der Waals surface area contributed by atoms with Crippen LogP contribution in [0.2, 0.25) is 0 Å². The number of hydrogen-bond acceptors (Lipinski definition) is 6. The van der Waals surface area contributed by atoms with Gasteiger partial charge < -0.3 is 9.47 Å². The van der Waals surface area contributed by atoms with Gasteiger partial charge in [0.25, 0.3) is 0 Å². The van der Waals surface area contributed by atoms with E-state index < -0.39 is 17.7 Å². The third-order valence-corrected chi connectivity index (χ3v) is 5.68. The molecule has 160 valence electrons. The van der Waals surface area contributed by atoms with Crippen LogP contribution in [0, 0.1) is 11.6 Å². The molecule has 0 fully saturated rings. The summed E-state index contributed by atoms with van der Waals surface area (Å²) in [5, 5.41) is 8.29. The van der Waals surface area contributed by atoms with Crippen molar-refractivity contribution in [2.24, 2.45) is 4.99 Å². The van der Waals surface area contributed by atoms with E-state index in [9.17, 15) is 8.78 Å². The summed E-state index contributed by atoms with van der Waals surface area (Å²) in [7, 11) is 1.61. The van der Waals surface area contributed by atoms with Crippen molar-refractivity contribution in [3.05, 3.63) is 83.2 Å². The van der Waals surface area contributed by atoms with Crippen LogP contribution in [0.3, 0.4) is 0 Å². The lowest BCUT2D eigenvalue weighted by Crippen LogP contribution is -2.08. The number of fused-ring (bicyclic) bond motifs is 5. The Balaban J connectivity index is 1.46. The lowest BCUT2D eigenvalue weighted by molar-refractivity contribution is 0.316. The Bertz CT molecular complexity index is 1390. The van der Waals surface area contributed by atoms with Crippen molar-refractivity contribution >= 4 is 5.90 Å². The summed E-state index contributed by atoms with van der Waals surface area (Å²) in [6, 6.07) is 8.34. The van der Waals surface area contributed by atoms with Gasteiger partial charge in [0.15, 0.2) is 0 Å². The highest BCUT2D eigenvalue weighted by molar-refractivity contribution is 5.95. The zero-order chi connectivity index (χ0) is 21.8. The van der Waals surface area contributed by atoms with E-state index >= 15 is 0 Å². The van der Waals surface area contributed by atoms with E-state index in [2.05, 4.69) is 20.3 Å². The summed E-state index contributed by atoms with van der Waals surface area (Å²) >= 11 is 0. The molecule has 0 N–H and O–H groups in total. The Morgan fingerprint density at radius 1 is 1.12 bits per heavy atom. The molecule has 6 rings (SSSR count). The van der Waals surface area contributed by atoms with E-state index in [-0.39, 0.29) is 12.2 Å². The van der Waals surface area contributed by atoms with Crippen LogP contribution < -0.4 is 4.74 Å². The van der Waals surface area contributed by atoms with Crippen molar-refractivity contribution in [1.29, 1.82) is 0 Å². The number of nitrogens with zero attached hydrogens (tertiary/aromatic N) is 6. The highest BCUT2D eigenvalue weighted by Crippen LogP contribution is 2.33. The zero-order valence-electron chi connectivity index (χ0n) is 16.9. The number of hydrogen-bond donors (Lipinski definition) is 0. The molecule has 10 heteroatoms. The lowest BCUT2D eigenvalue weighted by atomic mass is 10.1. The van der Waals surface area contributed by atoms with E-state index in [0.29, 0.717) is 23.8 Å². The normalized spacial score (nSPS) is 16.5. The maximum atomic E-state index is 14.2. The van der Waals surface area contributed by atoms with Gasteiger partial charge in [-0.1, -0.05) is 5.21 Å². The predicted octanol–water partition coefficient (Wildman–Crippen LogP) is 3.16. The first-order chi connectivity index (χ1) is 15.6. The summed E-state index contributed by atoms with van der Waals surface area (Å²) in [5.41, 5.74) is 4.03. The van der Waals surface area contributed by atoms with Gasteiger partial charge in [0.2, 0.25) is 5.90 Å². The molecule has 1 atom stereocenters. The zero-order valence-corrected chi connectivity index (χ0v) is 16.9. The minimum Gasteiger partial charge on any atom is -0.497 e. The highest BCUT2D eigenvalue weighted by Gasteiger charge is 2.31. The molecule has 0 aliphatic carbocycles. The summed E-state index contributed by atoms with van der Waals surface area (Å²) in [5.74, 6) is -0.0546. The first-order valence-corrected chi connectivity index (χ1v) is 9.93. The fourth-order valence-corrected chi connectivity index (χ4v) is 4.12. The quantitative estimate of drug-likeness (QED) is 0.436. The molecule has 0 unspecified atom stereocenters. The molecule has 0 spiro atoms. The van der Waals surface area contributed by atoms with Crippen LogP contribution in [0.1, 0.15) is 28.7 Å². The molecule has 4 heterocycles. The second kappa shape index (κ2) is 6.98. The predicted molar refractivity (Wildman–Crippen MR) is 109 cm³/mol. The van der Waals surface area contributed by atoms with E-state index in [4.69, 9.17) is 9.47 Å². The molecular formula is C22H16F2N6O2. The van der Waals surface area contributed by atoms with Crippen LogP contribution in [0.4, 0.5) is 8.78 Å². The van der Waals surface area contributed by atoms with Gasteiger partial charge >= 0.3 is 0 Å². The van der Waals surface area contributed by atoms with Gasteiger partial charge in [-0.05, 0) is 30.3 Å². The van der Waals surface area contributed by atoms with Crippen LogP contribution in [-0.2, 0) is 11.2 Å². The second-order valence-corrected chi connectivity index (χ2v) is 7.51. The van der Waals surface area contributed by atoms with E-state index in [1.54, 1.807) is 24.3 Å². The van der Waals surface area contributed by atoms with E-state index in [0.717, 1.165) is 41.0 Å². The van der Waals surface area contributed by atoms with Gasteiger partial charge in [0.1, 0.15) is 42.1 Å². The molecule has 0 saturated carbocycles.